The normalized spacial score (nSPS) is 18.5. The molecular weight excluding hydrogens is 406 g/mol. The summed E-state index contributed by atoms with van der Waals surface area (Å²) in [5, 5.41) is 12.5. The van der Waals surface area contributed by atoms with Crippen molar-refractivity contribution in [2.45, 2.75) is 25.9 Å². The van der Waals surface area contributed by atoms with Crippen LogP contribution in [0.25, 0.3) is 10.9 Å². The fraction of sp³-hybridized carbons (Fsp3) is 0.400. The van der Waals surface area contributed by atoms with E-state index in [-0.39, 0.29) is 6.04 Å². The van der Waals surface area contributed by atoms with E-state index in [2.05, 4.69) is 57.7 Å². The monoisotopic (exact) mass is 437 g/mol. The van der Waals surface area contributed by atoms with Crippen molar-refractivity contribution >= 4 is 16.9 Å². The van der Waals surface area contributed by atoms with Crippen LogP contribution >= 0.6 is 0 Å². The highest BCUT2D eigenvalue weighted by molar-refractivity contribution is 5.85. The number of H-pyrrole nitrogens is 1. The highest BCUT2D eigenvalue weighted by Crippen LogP contribution is 2.35. The molecule has 5 rings (SSSR count). The van der Waals surface area contributed by atoms with Crippen LogP contribution in [0, 0.1) is 0 Å². The maximum absolute atomic E-state index is 9.00. The molecular formula is C25H31N3O4. The highest BCUT2D eigenvalue weighted by Gasteiger charge is 2.26. The molecule has 2 aromatic carbocycles. The van der Waals surface area contributed by atoms with E-state index in [1.54, 1.807) is 7.11 Å². The van der Waals surface area contributed by atoms with Crippen LogP contribution in [-0.4, -0.2) is 60.9 Å². The van der Waals surface area contributed by atoms with E-state index in [9.17, 15) is 0 Å². The summed E-state index contributed by atoms with van der Waals surface area (Å²) in [6.45, 7) is 6.54. The van der Waals surface area contributed by atoms with Gasteiger partial charge in [-0.3, -0.25) is 9.69 Å². The molecule has 1 fully saturated rings. The molecule has 0 amide bonds. The van der Waals surface area contributed by atoms with E-state index in [1.807, 2.05) is 0 Å². The fourth-order valence-electron chi connectivity index (χ4n) is 4.57. The van der Waals surface area contributed by atoms with Gasteiger partial charge < -0.3 is 24.9 Å². The number of aromatic nitrogens is 1. The van der Waals surface area contributed by atoms with Crippen molar-refractivity contribution in [2.24, 2.45) is 0 Å². The van der Waals surface area contributed by atoms with Crippen molar-refractivity contribution < 1.29 is 19.4 Å². The van der Waals surface area contributed by atoms with Gasteiger partial charge in [0, 0.05) is 55.3 Å². The summed E-state index contributed by atoms with van der Waals surface area (Å²) >= 11 is 0. The third kappa shape index (κ3) is 4.96. The van der Waals surface area contributed by atoms with E-state index in [1.165, 1.54) is 33.3 Å². The number of carbonyl (C=O) groups is 1. The standard InChI is InChI=1S/C23H27N3O2.C2H4O2/c1-27-21-7-6-16(14-17(21)15-26-10-12-28-13-11-26)22-23-19(8-9-24-22)18-4-2-3-5-20(18)25-23;1-2(3)4/h2-7,14,22,24-25H,8-13,15H2,1H3;1H3,(H,3,4). The zero-order valence-corrected chi connectivity index (χ0v) is 18.7. The third-order valence-electron chi connectivity index (χ3n) is 5.99. The van der Waals surface area contributed by atoms with Crippen molar-refractivity contribution in [1.82, 2.24) is 15.2 Å². The molecule has 3 heterocycles. The van der Waals surface area contributed by atoms with Crippen LogP contribution in [0.15, 0.2) is 42.5 Å². The Balaban J connectivity index is 0.000000567. The first kappa shape index (κ1) is 22.3. The van der Waals surface area contributed by atoms with Crippen molar-refractivity contribution in [3.05, 3.63) is 64.8 Å². The number of carboxylic acid groups (broad SMARTS) is 1. The molecule has 2 aliphatic rings. The Morgan fingerprint density at radius 2 is 1.97 bits per heavy atom. The Morgan fingerprint density at radius 3 is 2.72 bits per heavy atom. The molecule has 1 atom stereocenters. The van der Waals surface area contributed by atoms with E-state index >= 15 is 0 Å². The number of aromatic amines is 1. The Morgan fingerprint density at radius 1 is 1.22 bits per heavy atom. The fourth-order valence-corrected chi connectivity index (χ4v) is 4.57. The van der Waals surface area contributed by atoms with Gasteiger partial charge in [-0.15, -0.1) is 0 Å². The van der Waals surface area contributed by atoms with Crippen LogP contribution in [0.4, 0.5) is 0 Å². The van der Waals surface area contributed by atoms with Gasteiger partial charge in [-0.05, 0) is 35.7 Å². The van der Waals surface area contributed by atoms with Crippen LogP contribution in [0.5, 0.6) is 5.75 Å². The third-order valence-corrected chi connectivity index (χ3v) is 5.99. The number of carboxylic acids is 1. The Kier molecular flexibility index (Phi) is 7.09. The highest BCUT2D eigenvalue weighted by atomic mass is 16.5. The number of rotatable bonds is 4. The summed E-state index contributed by atoms with van der Waals surface area (Å²) in [6, 6.07) is 15.4. The predicted molar refractivity (Wildman–Crippen MR) is 124 cm³/mol. The number of fused-ring (bicyclic) bond motifs is 3. The molecule has 1 aromatic heterocycles. The van der Waals surface area contributed by atoms with Crippen LogP contribution in [0.3, 0.4) is 0 Å². The summed E-state index contributed by atoms with van der Waals surface area (Å²) in [5.74, 6) is 0.128. The first-order chi connectivity index (χ1) is 15.6. The molecule has 3 N–H and O–H groups in total. The number of aliphatic carboxylic acids is 1. The summed E-state index contributed by atoms with van der Waals surface area (Å²) in [5.41, 5.74) is 6.51. The predicted octanol–water partition coefficient (Wildman–Crippen LogP) is 3.33. The van der Waals surface area contributed by atoms with Gasteiger partial charge in [-0.25, -0.2) is 0 Å². The summed E-state index contributed by atoms with van der Waals surface area (Å²) in [7, 11) is 1.76. The maximum Gasteiger partial charge on any atom is 0.300 e. The number of hydrogen-bond acceptors (Lipinski definition) is 5. The van der Waals surface area contributed by atoms with E-state index < -0.39 is 5.97 Å². The largest absolute Gasteiger partial charge is 0.496 e. The topological polar surface area (TPSA) is 86.8 Å². The molecule has 7 nitrogen and oxygen atoms in total. The zero-order valence-electron chi connectivity index (χ0n) is 18.7. The maximum atomic E-state index is 9.00. The van der Waals surface area contributed by atoms with Gasteiger partial charge in [0.1, 0.15) is 5.75 Å². The van der Waals surface area contributed by atoms with Crippen molar-refractivity contribution in [1.29, 1.82) is 0 Å². The van der Waals surface area contributed by atoms with Crippen LogP contribution in [-0.2, 0) is 22.5 Å². The first-order valence-electron chi connectivity index (χ1n) is 11.1. The molecule has 3 aromatic rings. The van der Waals surface area contributed by atoms with Gasteiger partial charge in [0.15, 0.2) is 0 Å². The summed E-state index contributed by atoms with van der Waals surface area (Å²) in [6.07, 6.45) is 1.06. The van der Waals surface area contributed by atoms with Crippen molar-refractivity contribution in [3.8, 4) is 5.75 Å². The van der Waals surface area contributed by atoms with Gasteiger partial charge in [0.2, 0.25) is 0 Å². The lowest BCUT2D eigenvalue weighted by atomic mass is 9.93. The Labute approximate surface area is 188 Å². The minimum Gasteiger partial charge on any atom is -0.496 e. The number of benzene rings is 2. The van der Waals surface area contributed by atoms with E-state index in [4.69, 9.17) is 19.4 Å². The van der Waals surface area contributed by atoms with Crippen LogP contribution in [0.1, 0.15) is 35.3 Å². The SMILES string of the molecule is CC(=O)O.COc1ccc(C2NCCc3c2[nH]c2ccccc32)cc1CN1CCOCC1. The van der Waals surface area contributed by atoms with Gasteiger partial charge in [-0.2, -0.15) is 0 Å². The minimum atomic E-state index is -0.833. The molecule has 32 heavy (non-hydrogen) atoms. The molecule has 1 unspecified atom stereocenters. The second-order valence-electron chi connectivity index (χ2n) is 8.18. The molecule has 7 heteroatoms. The number of nitrogens with zero attached hydrogens (tertiary/aromatic N) is 1. The molecule has 0 spiro atoms. The van der Waals surface area contributed by atoms with Crippen LogP contribution in [0.2, 0.25) is 0 Å². The lowest BCUT2D eigenvalue weighted by Crippen LogP contribution is -2.36. The van der Waals surface area contributed by atoms with Gasteiger partial charge >= 0.3 is 0 Å². The molecule has 0 aliphatic carbocycles. The van der Waals surface area contributed by atoms with E-state index in [0.29, 0.717) is 0 Å². The van der Waals surface area contributed by atoms with Crippen molar-refractivity contribution in [3.63, 3.8) is 0 Å². The van der Waals surface area contributed by atoms with Gasteiger partial charge in [0.05, 0.1) is 26.4 Å². The molecule has 1 saturated heterocycles. The Hall–Kier alpha value is -2.87. The second kappa shape index (κ2) is 10.2. The number of morpholine rings is 1. The average Bonchev–Trinajstić information content (AvgIpc) is 3.18. The van der Waals surface area contributed by atoms with Gasteiger partial charge in [0.25, 0.3) is 5.97 Å². The number of para-hydroxylation sites is 1. The lowest BCUT2D eigenvalue weighted by Gasteiger charge is -2.29. The van der Waals surface area contributed by atoms with Gasteiger partial charge in [-0.1, -0.05) is 24.3 Å². The van der Waals surface area contributed by atoms with E-state index in [0.717, 1.165) is 58.5 Å². The minimum absolute atomic E-state index is 0.186. The smallest absolute Gasteiger partial charge is 0.300 e. The first-order valence-corrected chi connectivity index (χ1v) is 11.1. The average molecular weight is 438 g/mol. The lowest BCUT2D eigenvalue weighted by molar-refractivity contribution is -0.134. The molecule has 170 valence electrons. The number of ether oxygens (including phenoxy) is 2. The number of hydrogen-bond donors (Lipinski definition) is 3. The molecule has 2 aliphatic heterocycles. The summed E-state index contributed by atoms with van der Waals surface area (Å²) in [4.78, 5) is 15.1. The van der Waals surface area contributed by atoms with Crippen molar-refractivity contribution in [2.75, 3.05) is 40.0 Å². The van der Waals surface area contributed by atoms with Crippen LogP contribution < -0.4 is 10.1 Å². The number of nitrogens with one attached hydrogen (secondary N) is 2. The Bertz CT molecular complexity index is 1070. The summed E-state index contributed by atoms with van der Waals surface area (Å²) < 4.78 is 11.2. The molecule has 0 bridgehead atoms. The quantitative estimate of drug-likeness (QED) is 0.580. The zero-order chi connectivity index (χ0) is 22.5. The number of methoxy groups -OCH3 is 1. The molecule has 0 saturated carbocycles. The molecule has 0 radical (unpaired) electrons. The second-order valence-corrected chi connectivity index (χ2v) is 8.18.